The fourth-order valence-corrected chi connectivity index (χ4v) is 1.93. The molecular formula is C15H22N2O3. The van der Waals surface area contributed by atoms with Gasteiger partial charge in [-0.3, -0.25) is 9.59 Å². The Morgan fingerprint density at radius 3 is 2.50 bits per heavy atom. The third-order valence-electron chi connectivity index (χ3n) is 3.32. The normalized spacial score (nSPS) is 12.2. The summed E-state index contributed by atoms with van der Waals surface area (Å²) in [5.74, 6) is -1.61. The van der Waals surface area contributed by atoms with Crippen LogP contribution in [0.1, 0.15) is 25.8 Å². The third kappa shape index (κ3) is 4.91. The molecule has 4 N–H and O–H groups in total. The summed E-state index contributed by atoms with van der Waals surface area (Å²) in [7, 11) is 0. The summed E-state index contributed by atoms with van der Waals surface area (Å²) in [6.07, 6.45) is 0.858. The van der Waals surface area contributed by atoms with Gasteiger partial charge < -0.3 is 16.2 Å². The van der Waals surface area contributed by atoms with Gasteiger partial charge >= 0.3 is 5.97 Å². The Morgan fingerprint density at radius 1 is 1.30 bits per heavy atom. The fraction of sp³-hybridized carbons (Fsp3) is 0.467. The van der Waals surface area contributed by atoms with E-state index in [1.165, 1.54) is 0 Å². The number of carbonyl (C=O) groups is 2. The number of benzene rings is 1. The quantitative estimate of drug-likeness (QED) is 0.661. The van der Waals surface area contributed by atoms with E-state index in [0.717, 1.165) is 5.56 Å². The minimum absolute atomic E-state index is 0.0161. The summed E-state index contributed by atoms with van der Waals surface area (Å²) in [5, 5.41) is 11.7. The molecular weight excluding hydrogens is 256 g/mol. The van der Waals surface area contributed by atoms with Crippen LogP contribution in [0.4, 0.5) is 5.69 Å². The monoisotopic (exact) mass is 278 g/mol. The van der Waals surface area contributed by atoms with Crippen molar-refractivity contribution in [2.75, 3.05) is 12.3 Å². The lowest BCUT2D eigenvalue weighted by Gasteiger charge is -2.16. The highest BCUT2D eigenvalue weighted by molar-refractivity contribution is 5.77. The largest absolute Gasteiger partial charge is 0.481 e. The van der Waals surface area contributed by atoms with Crippen LogP contribution in [0.15, 0.2) is 24.3 Å². The van der Waals surface area contributed by atoms with E-state index in [2.05, 4.69) is 5.32 Å². The van der Waals surface area contributed by atoms with E-state index >= 15 is 0 Å². The zero-order chi connectivity index (χ0) is 15.1. The SMILES string of the molecule is CC(C)C(CNC(=O)CCc1ccccc1N)C(=O)O. The first-order chi connectivity index (χ1) is 9.41. The maximum absolute atomic E-state index is 11.7. The number of carboxylic acid groups (broad SMARTS) is 1. The fourth-order valence-electron chi connectivity index (χ4n) is 1.93. The predicted octanol–water partition coefficient (Wildman–Crippen LogP) is 1.67. The second kappa shape index (κ2) is 7.53. The number of hydrogen-bond acceptors (Lipinski definition) is 3. The number of aryl methyl sites for hydroxylation is 1. The Morgan fingerprint density at radius 2 is 1.95 bits per heavy atom. The second-order valence-corrected chi connectivity index (χ2v) is 5.19. The van der Waals surface area contributed by atoms with Crippen molar-refractivity contribution in [3.8, 4) is 0 Å². The summed E-state index contributed by atoms with van der Waals surface area (Å²) < 4.78 is 0. The van der Waals surface area contributed by atoms with E-state index in [-0.39, 0.29) is 18.4 Å². The molecule has 1 rings (SSSR count). The number of hydrogen-bond donors (Lipinski definition) is 3. The number of para-hydroxylation sites is 1. The maximum atomic E-state index is 11.7. The second-order valence-electron chi connectivity index (χ2n) is 5.19. The van der Waals surface area contributed by atoms with Crippen molar-refractivity contribution in [3.05, 3.63) is 29.8 Å². The topological polar surface area (TPSA) is 92.4 Å². The number of carbonyl (C=O) groups excluding carboxylic acids is 1. The molecule has 0 spiro atoms. The lowest BCUT2D eigenvalue weighted by Crippen LogP contribution is -2.35. The van der Waals surface area contributed by atoms with Crippen LogP contribution in [0.2, 0.25) is 0 Å². The first-order valence-corrected chi connectivity index (χ1v) is 6.74. The number of rotatable bonds is 7. The van der Waals surface area contributed by atoms with Crippen molar-refractivity contribution < 1.29 is 14.7 Å². The number of carboxylic acids is 1. The van der Waals surface area contributed by atoms with Gasteiger partial charge in [0, 0.05) is 18.7 Å². The molecule has 1 aromatic rings. The van der Waals surface area contributed by atoms with Crippen LogP contribution in [0, 0.1) is 11.8 Å². The van der Waals surface area contributed by atoms with E-state index in [1.807, 2.05) is 32.0 Å². The van der Waals surface area contributed by atoms with Gasteiger partial charge in [0.25, 0.3) is 0 Å². The molecule has 0 aliphatic rings. The van der Waals surface area contributed by atoms with Crippen LogP contribution < -0.4 is 11.1 Å². The molecule has 1 atom stereocenters. The number of nitrogens with two attached hydrogens (primary N) is 1. The molecule has 1 amide bonds. The molecule has 0 heterocycles. The average molecular weight is 278 g/mol. The van der Waals surface area contributed by atoms with Gasteiger partial charge in [-0.25, -0.2) is 0 Å². The van der Waals surface area contributed by atoms with E-state index in [0.29, 0.717) is 18.5 Å². The van der Waals surface area contributed by atoms with Crippen molar-refractivity contribution in [1.29, 1.82) is 0 Å². The Hall–Kier alpha value is -2.04. The standard InChI is InChI=1S/C15H22N2O3/c1-10(2)12(15(19)20)9-17-14(18)8-7-11-5-3-4-6-13(11)16/h3-6,10,12H,7-9,16H2,1-2H3,(H,17,18)(H,19,20). The molecule has 0 radical (unpaired) electrons. The molecule has 20 heavy (non-hydrogen) atoms. The van der Waals surface area contributed by atoms with Gasteiger partial charge in [-0.2, -0.15) is 0 Å². The molecule has 0 saturated heterocycles. The Bertz CT molecular complexity index is 472. The third-order valence-corrected chi connectivity index (χ3v) is 3.32. The van der Waals surface area contributed by atoms with Gasteiger partial charge in [-0.05, 0) is 24.0 Å². The maximum Gasteiger partial charge on any atom is 0.308 e. The highest BCUT2D eigenvalue weighted by atomic mass is 16.4. The van der Waals surface area contributed by atoms with Gasteiger partial charge in [0.15, 0.2) is 0 Å². The van der Waals surface area contributed by atoms with Crippen molar-refractivity contribution in [2.24, 2.45) is 11.8 Å². The summed E-state index contributed by atoms with van der Waals surface area (Å²) in [5.41, 5.74) is 7.40. The molecule has 110 valence electrons. The summed E-state index contributed by atoms with van der Waals surface area (Å²) in [6, 6.07) is 7.41. The molecule has 1 aromatic carbocycles. The number of nitrogen functional groups attached to an aromatic ring is 1. The van der Waals surface area contributed by atoms with Gasteiger partial charge in [-0.1, -0.05) is 32.0 Å². The molecule has 0 fully saturated rings. The summed E-state index contributed by atoms with van der Waals surface area (Å²) >= 11 is 0. The Labute approximate surface area is 119 Å². The van der Waals surface area contributed by atoms with E-state index in [1.54, 1.807) is 6.07 Å². The number of amides is 1. The zero-order valence-corrected chi connectivity index (χ0v) is 11.9. The van der Waals surface area contributed by atoms with Gasteiger partial charge in [0.1, 0.15) is 0 Å². The number of aliphatic carboxylic acids is 1. The van der Waals surface area contributed by atoms with Crippen molar-refractivity contribution in [3.63, 3.8) is 0 Å². The van der Waals surface area contributed by atoms with Crippen molar-refractivity contribution in [2.45, 2.75) is 26.7 Å². The predicted molar refractivity (Wildman–Crippen MR) is 78.1 cm³/mol. The molecule has 0 bridgehead atoms. The molecule has 0 aliphatic heterocycles. The number of nitrogens with one attached hydrogen (secondary N) is 1. The molecule has 0 saturated carbocycles. The number of anilines is 1. The first-order valence-electron chi connectivity index (χ1n) is 6.74. The Balaban J connectivity index is 2.41. The van der Waals surface area contributed by atoms with E-state index in [9.17, 15) is 9.59 Å². The summed E-state index contributed by atoms with van der Waals surface area (Å²) in [6.45, 7) is 3.82. The first kappa shape index (κ1) is 16.0. The Kier molecular flexibility index (Phi) is 6.03. The van der Waals surface area contributed by atoms with Crippen LogP contribution in [-0.4, -0.2) is 23.5 Å². The van der Waals surface area contributed by atoms with Gasteiger partial charge in [-0.15, -0.1) is 0 Å². The average Bonchev–Trinajstić information content (AvgIpc) is 2.37. The molecule has 0 aliphatic carbocycles. The molecule has 0 aromatic heterocycles. The molecule has 5 nitrogen and oxygen atoms in total. The highest BCUT2D eigenvalue weighted by Gasteiger charge is 2.21. The molecule has 1 unspecified atom stereocenters. The minimum atomic E-state index is -0.882. The van der Waals surface area contributed by atoms with Crippen LogP contribution in [0.3, 0.4) is 0 Å². The zero-order valence-electron chi connectivity index (χ0n) is 11.9. The van der Waals surface area contributed by atoms with Crippen LogP contribution >= 0.6 is 0 Å². The lowest BCUT2D eigenvalue weighted by molar-refractivity contribution is -0.143. The molecule has 5 heteroatoms. The van der Waals surface area contributed by atoms with Crippen LogP contribution in [0.5, 0.6) is 0 Å². The minimum Gasteiger partial charge on any atom is -0.481 e. The van der Waals surface area contributed by atoms with Crippen LogP contribution in [0.25, 0.3) is 0 Å². The van der Waals surface area contributed by atoms with E-state index in [4.69, 9.17) is 10.8 Å². The highest BCUT2D eigenvalue weighted by Crippen LogP contribution is 2.13. The summed E-state index contributed by atoms with van der Waals surface area (Å²) in [4.78, 5) is 22.7. The lowest BCUT2D eigenvalue weighted by atomic mass is 9.96. The van der Waals surface area contributed by atoms with E-state index < -0.39 is 11.9 Å². The van der Waals surface area contributed by atoms with Crippen molar-refractivity contribution in [1.82, 2.24) is 5.32 Å². The smallest absolute Gasteiger partial charge is 0.308 e. The van der Waals surface area contributed by atoms with Crippen LogP contribution in [-0.2, 0) is 16.0 Å². The van der Waals surface area contributed by atoms with Gasteiger partial charge in [0.05, 0.1) is 5.92 Å². The van der Waals surface area contributed by atoms with Crippen molar-refractivity contribution >= 4 is 17.6 Å². The van der Waals surface area contributed by atoms with Gasteiger partial charge in [0.2, 0.25) is 5.91 Å².